The Labute approximate surface area is 119 Å². The van der Waals surface area contributed by atoms with Crippen LogP contribution in [0.4, 0.5) is 0 Å². The smallest absolute Gasteiger partial charge is 0.142 e. The van der Waals surface area contributed by atoms with E-state index < -0.39 is 0 Å². The van der Waals surface area contributed by atoms with Gasteiger partial charge in [-0.25, -0.2) is 13.9 Å². The van der Waals surface area contributed by atoms with Crippen LogP contribution in [0.3, 0.4) is 0 Å². The highest BCUT2D eigenvalue weighted by molar-refractivity contribution is 7.03. The van der Waals surface area contributed by atoms with Crippen LogP contribution in [0.25, 0.3) is 16.9 Å². The number of hydrogen-bond acceptors (Lipinski definition) is 4. The first-order chi connectivity index (χ1) is 9.92. The van der Waals surface area contributed by atoms with Crippen molar-refractivity contribution in [3.05, 3.63) is 60.1 Å². The summed E-state index contributed by atoms with van der Waals surface area (Å²) in [4.78, 5) is 4.43. The Morgan fingerprint density at radius 2 is 2.15 bits per heavy atom. The maximum atomic E-state index is 4.43. The molecule has 0 spiro atoms. The summed E-state index contributed by atoms with van der Waals surface area (Å²) in [5.41, 5.74) is 3.39. The van der Waals surface area contributed by atoms with Crippen LogP contribution in [0.15, 0.2) is 54.6 Å². The van der Waals surface area contributed by atoms with Crippen LogP contribution in [0.1, 0.15) is 5.56 Å². The van der Waals surface area contributed by atoms with Gasteiger partial charge in [-0.15, -0.1) is 0 Å². The van der Waals surface area contributed by atoms with Crippen molar-refractivity contribution in [2.75, 3.05) is 0 Å². The molecule has 0 amide bonds. The molecule has 6 heteroatoms. The van der Waals surface area contributed by atoms with Gasteiger partial charge in [-0.05, 0) is 29.2 Å². The zero-order valence-corrected chi connectivity index (χ0v) is 11.4. The van der Waals surface area contributed by atoms with Crippen LogP contribution < -0.4 is 0 Å². The van der Waals surface area contributed by atoms with Crippen molar-refractivity contribution in [2.45, 2.75) is 6.54 Å². The summed E-state index contributed by atoms with van der Waals surface area (Å²) < 4.78 is 8.16. The van der Waals surface area contributed by atoms with Gasteiger partial charge in [0, 0.05) is 35.7 Å². The topological polar surface area (TPSA) is 48.0 Å². The maximum absolute atomic E-state index is 4.43. The molecule has 0 fully saturated rings. The van der Waals surface area contributed by atoms with Gasteiger partial charge < -0.3 is 4.57 Å². The number of imidazole rings is 1. The molecular weight excluding hydrogens is 270 g/mol. The Hall–Kier alpha value is -2.47. The van der Waals surface area contributed by atoms with Crippen molar-refractivity contribution in [1.82, 2.24) is 23.5 Å². The van der Waals surface area contributed by atoms with E-state index in [-0.39, 0.29) is 0 Å². The van der Waals surface area contributed by atoms with Crippen molar-refractivity contribution < 1.29 is 0 Å². The van der Waals surface area contributed by atoms with E-state index in [2.05, 4.69) is 25.1 Å². The predicted molar refractivity (Wildman–Crippen MR) is 77.6 cm³/mol. The Morgan fingerprint density at radius 1 is 1.15 bits per heavy atom. The SMILES string of the molecule is c1cc(Cn2ccnc2-c2cnsc2)c2ccnn2c1. The van der Waals surface area contributed by atoms with Crippen molar-refractivity contribution in [3.8, 4) is 11.4 Å². The van der Waals surface area contributed by atoms with Gasteiger partial charge in [0.1, 0.15) is 5.82 Å². The number of nitrogens with zero attached hydrogens (tertiary/aromatic N) is 5. The number of pyridine rings is 1. The van der Waals surface area contributed by atoms with E-state index in [1.807, 2.05) is 53.0 Å². The van der Waals surface area contributed by atoms with Gasteiger partial charge in [0.2, 0.25) is 0 Å². The molecule has 0 aromatic carbocycles. The van der Waals surface area contributed by atoms with E-state index in [0.29, 0.717) is 0 Å². The van der Waals surface area contributed by atoms with Gasteiger partial charge in [0.25, 0.3) is 0 Å². The number of aromatic nitrogens is 5. The Balaban J connectivity index is 1.77. The van der Waals surface area contributed by atoms with Crippen molar-refractivity contribution in [3.63, 3.8) is 0 Å². The van der Waals surface area contributed by atoms with Crippen molar-refractivity contribution >= 4 is 17.0 Å². The van der Waals surface area contributed by atoms with Gasteiger partial charge in [-0.1, -0.05) is 6.07 Å². The van der Waals surface area contributed by atoms with E-state index in [4.69, 9.17) is 0 Å². The lowest BCUT2D eigenvalue weighted by Gasteiger charge is -2.08. The molecule has 0 N–H and O–H groups in total. The molecule has 0 aliphatic rings. The zero-order valence-electron chi connectivity index (χ0n) is 10.5. The molecular formula is C14H11N5S. The first kappa shape index (κ1) is 11.4. The fourth-order valence-electron chi connectivity index (χ4n) is 2.34. The molecule has 0 saturated carbocycles. The third kappa shape index (κ3) is 1.81. The molecule has 0 radical (unpaired) electrons. The van der Waals surface area contributed by atoms with E-state index in [0.717, 1.165) is 23.4 Å². The van der Waals surface area contributed by atoms with Crippen LogP contribution >= 0.6 is 11.5 Å². The molecule has 0 unspecified atom stereocenters. The third-order valence-corrected chi connectivity index (χ3v) is 3.86. The molecule has 98 valence electrons. The summed E-state index contributed by atoms with van der Waals surface area (Å²) in [5, 5.41) is 6.28. The van der Waals surface area contributed by atoms with Crippen molar-refractivity contribution in [2.24, 2.45) is 0 Å². The molecule has 4 heterocycles. The number of rotatable bonds is 3. The standard InChI is InChI=1S/C14H11N5S/c1-2-11(13-3-4-16-19(13)6-1)9-18-7-5-15-14(18)12-8-17-20-10-12/h1-8,10H,9H2. The first-order valence-corrected chi connectivity index (χ1v) is 7.07. The minimum atomic E-state index is 0.765. The minimum absolute atomic E-state index is 0.765. The lowest BCUT2D eigenvalue weighted by Crippen LogP contribution is -2.02. The van der Waals surface area contributed by atoms with Crippen LogP contribution in [-0.2, 0) is 6.54 Å². The highest BCUT2D eigenvalue weighted by atomic mass is 32.1. The molecule has 0 saturated heterocycles. The molecule has 4 rings (SSSR count). The molecule has 20 heavy (non-hydrogen) atoms. The lowest BCUT2D eigenvalue weighted by atomic mass is 10.2. The fourth-order valence-corrected chi connectivity index (χ4v) is 2.86. The Morgan fingerprint density at radius 3 is 3.05 bits per heavy atom. The van der Waals surface area contributed by atoms with Crippen LogP contribution in [0.5, 0.6) is 0 Å². The van der Waals surface area contributed by atoms with Gasteiger partial charge in [-0.3, -0.25) is 0 Å². The number of fused-ring (bicyclic) bond motifs is 1. The summed E-state index contributed by atoms with van der Waals surface area (Å²) in [6, 6.07) is 6.16. The normalized spacial score (nSPS) is 11.2. The average molecular weight is 281 g/mol. The second-order valence-electron chi connectivity index (χ2n) is 4.49. The quantitative estimate of drug-likeness (QED) is 0.580. The summed E-state index contributed by atoms with van der Waals surface area (Å²) in [6.07, 6.45) is 9.44. The fraction of sp³-hybridized carbons (Fsp3) is 0.0714. The lowest BCUT2D eigenvalue weighted by molar-refractivity contribution is 0.804. The molecule has 0 atom stereocenters. The predicted octanol–water partition coefficient (Wildman–Crippen LogP) is 2.70. The van der Waals surface area contributed by atoms with Crippen molar-refractivity contribution in [1.29, 1.82) is 0 Å². The molecule has 4 aromatic rings. The molecule has 0 aliphatic heterocycles. The van der Waals surface area contributed by atoms with Crippen LogP contribution in [0, 0.1) is 0 Å². The average Bonchev–Trinajstić information content (AvgIpc) is 3.20. The first-order valence-electron chi connectivity index (χ1n) is 6.24. The van der Waals surface area contributed by atoms with E-state index >= 15 is 0 Å². The molecule has 5 nitrogen and oxygen atoms in total. The van der Waals surface area contributed by atoms with Gasteiger partial charge in [0.05, 0.1) is 18.3 Å². The van der Waals surface area contributed by atoms with Gasteiger partial charge in [0.15, 0.2) is 0 Å². The van der Waals surface area contributed by atoms with Crippen LogP contribution in [0.2, 0.25) is 0 Å². The van der Waals surface area contributed by atoms with E-state index in [9.17, 15) is 0 Å². The van der Waals surface area contributed by atoms with E-state index in [1.165, 1.54) is 17.1 Å². The second kappa shape index (κ2) is 4.57. The second-order valence-corrected chi connectivity index (χ2v) is 5.14. The highest BCUT2D eigenvalue weighted by Crippen LogP contribution is 2.20. The minimum Gasteiger partial charge on any atom is -0.326 e. The monoisotopic (exact) mass is 281 g/mol. The molecule has 0 aliphatic carbocycles. The zero-order chi connectivity index (χ0) is 13.4. The summed E-state index contributed by atoms with van der Waals surface area (Å²) >= 11 is 1.44. The third-order valence-electron chi connectivity index (χ3n) is 3.27. The Bertz CT molecular complexity index is 843. The number of hydrogen-bond donors (Lipinski definition) is 0. The summed E-state index contributed by atoms with van der Waals surface area (Å²) in [6.45, 7) is 0.765. The summed E-state index contributed by atoms with van der Waals surface area (Å²) in [5.74, 6) is 0.945. The van der Waals surface area contributed by atoms with Crippen LogP contribution in [-0.4, -0.2) is 23.5 Å². The van der Waals surface area contributed by atoms with E-state index in [1.54, 1.807) is 0 Å². The highest BCUT2D eigenvalue weighted by Gasteiger charge is 2.09. The largest absolute Gasteiger partial charge is 0.326 e. The van der Waals surface area contributed by atoms with Gasteiger partial charge in [-0.2, -0.15) is 5.10 Å². The summed E-state index contributed by atoms with van der Waals surface area (Å²) in [7, 11) is 0. The Kier molecular flexibility index (Phi) is 2.60. The maximum Gasteiger partial charge on any atom is 0.142 e. The molecule has 0 bridgehead atoms. The molecule has 4 aromatic heterocycles. The van der Waals surface area contributed by atoms with Gasteiger partial charge >= 0.3 is 0 Å².